The number of benzene rings is 1. The van der Waals surface area contributed by atoms with Gasteiger partial charge < -0.3 is 5.32 Å². The van der Waals surface area contributed by atoms with Crippen molar-refractivity contribution < 1.29 is 4.39 Å². The molecule has 0 heterocycles. The molecule has 2 heteroatoms. The monoisotopic (exact) mass is 273 g/mol. The molecule has 1 N–H and O–H groups in total. The highest BCUT2D eigenvalue weighted by atomic mass is 19.1. The Hall–Kier alpha value is -0.890. The lowest BCUT2D eigenvalue weighted by molar-refractivity contribution is 0.0244. The van der Waals surface area contributed by atoms with Crippen molar-refractivity contribution in [1.29, 1.82) is 0 Å². The van der Waals surface area contributed by atoms with Crippen LogP contribution in [-0.2, 0) is 5.41 Å². The number of hydrogen-bond donors (Lipinski definition) is 1. The first kappa shape index (κ1) is 12.8. The Balaban J connectivity index is 1.58. The molecule has 3 aliphatic carbocycles. The van der Waals surface area contributed by atoms with E-state index in [1.165, 1.54) is 51.4 Å². The van der Waals surface area contributed by atoms with Gasteiger partial charge in [-0.05, 0) is 55.6 Å². The zero-order chi connectivity index (χ0) is 13.6. The van der Waals surface area contributed by atoms with Gasteiger partial charge in [-0.3, -0.25) is 0 Å². The largest absolute Gasteiger partial charge is 0.313 e. The van der Waals surface area contributed by atoms with E-state index in [4.69, 9.17) is 0 Å². The summed E-state index contributed by atoms with van der Waals surface area (Å²) in [5.74, 6) is -0.00190. The van der Waals surface area contributed by atoms with E-state index >= 15 is 0 Å². The van der Waals surface area contributed by atoms with Gasteiger partial charge in [-0.15, -0.1) is 0 Å². The molecule has 4 rings (SSSR count). The maximum absolute atomic E-state index is 14.3. The molecule has 0 bridgehead atoms. The molecule has 0 radical (unpaired) electrons. The van der Waals surface area contributed by atoms with Crippen LogP contribution >= 0.6 is 0 Å². The molecule has 0 unspecified atom stereocenters. The predicted octanol–water partition coefficient (Wildman–Crippen LogP) is 4.17. The van der Waals surface area contributed by atoms with Crippen LogP contribution in [-0.4, -0.2) is 12.6 Å². The molecule has 1 nitrogen and oxygen atoms in total. The highest BCUT2D eigenvalue weighted by Crippen LogP contribution is 2.63. The second-order valence-corrected chi connectivity index (χ2v) is 7.48. The molecule has 1 aromatic rings. The van der Waals surface area contributed by atoms with Crippen LogP contribution in [0.2, 0.25) is 0 Å². The molecule has 0 saturated heterocycles. The molecule has 20 heavy (non-hydrogen) atoms. The summed E-state index contributed by atoms with van der Waals surface area (Å²) in [7, 11) is 0. The highest BCUT2D eigenvalue weighted by molar-refractivity contribution is 5.33. The van der Waals surface area contributed by atoms with Crippen molar-refractivity contribution in [3.05, 3.63) is 35.6 Å². The second-order valence-electron chi connectivity index (χ2n) is 7.48. The van der Waals surface area contributed by atoms with Gasteiger partial charge in [0, 0.05) is 18.0 Å². The van der Waals surface area contributed by atoms with Crippen LogP contribution in [0.25, 0.3) is 0 Å². The summed E-state index contributed by atoms with van der Waals surface area (Å²) in [5, 5.41) is 3.66. The van der Waals surface area contributed by atoms with Crippen LogP contribution < -0.4 is 5.32 Å². The van der Waals surface area contributed by atoms with Gasteiger partial charge in [0.15, 0.2) is 0 Å². The van der Waals surface area contributed by atoms with Gasteiger partial charge in [0.2, 0.25) is 0 Å². The summed E-state index contributed by atoms with van der Waals surface area (Å²) in [6.07, 6.45) is 10.5. The Morgan fingerprint density at radius 3 is 2.45 bits per heavy atom. The molecule has 0 amide bonds. The summed E-state index contributed by atoms with van der Waals surface area (Å²) in [4.78, 5) is 0. The van der Waals surface area contributed by atoms with Crippen LogP contribution in [0, 0.1) is 11.2 Å². The van der Waals surface area contributed by atoms with Gasteiger partial charge in [-0.1, -0.05) is 31.0 Å². The van der Waals surface area contributed by atoms with Gasteiger partial charge in [0.25, 0.3) is 0 Å². The van der Waals surface area contributed by atoms with Crippen molar-refractivity contribution >= 4 is 0 Å². The van der Waals surface area contributed by atoms with Crippen molar-refractivity contribution in [1.82, 2.24) is 5.32 Å². The third-order valence-corrected chi connectivity index (χ3v) is 5.84. The van der Waals surface area contributed by atoms with Crippen molar-refractivity contribution in [2.24, 2.45) is 5.41 Å². The minimum Gasteiger partial charge on any atom is -0.313 e. The van der Waals surface area contributed by atoms with E-state index in [9.17, 15) is 4.39 Å². The van der Waals surface area contributed by atoms with Crippen LogP contribution in [0.1, 0.15) is 56.9 Å². The number of rotatable bonds is 4. The fourth-order valence-electron chi connectivity index (χ4n) is 4.79. The molecule has 0 aromatic heterocycles. The van der Waals surface area contributed by atoms with Gasteiger partial charge in [-0.25, -0.2) is 4.39 Å². The minimum absolute atomic E-state index is 0.00190. The standard InChI is InChI=1S/C18H24FN/c19-16-6-2-1-5-15(16)18(13-20-14-7-8-14)11-17(12-18)9-3-4-10-17/h1-2,5-6,14,20H,3-4,7-13H2. The fraction of sp³-hybridized carbons (Fsp3) is 0.667. The molecule has 0 aliphatic heterocycles. The normalized spacial score (nSPS) is 26.6. The molecule has 3 saturated carbocycles. The van der Waals surface area contributed by atoms with E-state index in [1.807, 2.05) is 18.2 Å². The summed E-state index contributed by atoms with van der Waals surface area (Å²) in [6, 6.07) is 8.17. The van der Waals surface area contributed by atoms with E-state index in [0.29, 0.717) is 11.5 Å². The molecule has 1 aromatic carbocycles. The van der Waals surface area contributed by atoms with Crippen LogP contribution in [0.3, 0.4) is 0 Å². The lowest BCUT2D eigenvalue weighted by atomic mass is 9.49. The Bertz CT molecular complexity index is 492. The third kappa shape index (κ3) is 2.09. The number of halogens is 1. The zero-order valence-corrected chi connectivity index (χ0v) is 12.1. The highest BCUT2D eigenvalue weighted by Gasteiger charge is 2.56. The Morgan fingerprint density at radius 1 is 1.10 bits per heavy atom. The molecule has 1 spiro atoms. The lowest BCUT2D eigenvalue weighted by Crippen LogP contribution is -2.54. The van der Waals surface area contributed by atoms with E-state index in [0.717, 1.165) is 12.1 Å². The third-order valence-electron chi connectivity index (χ3n) is 5.84. The molecular formula is C18H24FN. The van der Waals surface area contributed by atoms with Crippen LogP contribution in [0.15, 0.2) is 24.3 Å². The van der Waals surface area contributed by atoms with Gasteiger partial charge >= 0.3 is 0 Å². The van der Waals surface area contributed by atoms with Gasteiger partial charge in [-0.2, -0.15) is 0 Å². The SMILES string of the molecule is Fc1ccccc1C1(CNC2CC2)CC2(CCCC2)C1. The Kier molecular flexibility index (Phi) is 2.92. The van der Waals surface area contributed by atoms with E-state index in [2.05, 4.69) is 5.32 Å². The molecule has 108 valence electrons. The first-order valence-electron chi connectivity index (χ1n) is 8.20. The quantitative estimate of drug-likeness (QED) is 0.868. The molecule has 0 atom stereocenters. The maximum atomic E-state index is 14.3. The average molecular weight is 273 g/mol. The van der Waals surface area contributed by atoms with Gasteiger partial charge in [0.05, 0.1) is 0 Å². The van der Waals surface area contributed by atoms with Crippen LogP contribution in [0.4, 0.5) is 4.39 Å². The smallest absolute Gasteiger partial charge is 0.127 e. The molecule has 3 aliphatic rings. The first-order valence-corrected chi connectivity index (χ1v) is 8.20. The van der Waals surface area contributed by atoms with E-state index in [-0.39, 0.29) is 11.2 Å². The van der Waals surface area contributed by atoms with Crippen molar-refractivity contribution in [3.63, 3.8) is 0 Å². The summed E-state index contributed by atoms with van der Waals surface area (Å²) >= 11 is 0. The molecule has 3 fully saturated rings. The Morgan fingerprint density at radius 2 is 1.80 bits per heavy atom. The van der Waals surface area contributed by atoms with E-state index < -0.39 is 0 Å². The van der Waals surface area contributed by atoms with Crippen molar-refractivity contribution in [3.8, 4) is 0 Å². The second kappa shape index (κ2) is 4.56. The van der Waals surface area contributed by atoms with E-state index in [1.54, 1.807) is 6.07 Å². The lowest BCUT2D eigenvalue weighted by Gasteiger charge is -2.56. The predicted molar refractivity (Wildman–Crippen MR) is 79.2 cm³/mol. The number of nitrogens with one attached hydrogen (secondary N) is 1. The van der Waals surface area contributed by atoms with Crippen LogP contribution in [0.5, 0.6) is 0 Å². The topological polar surface area (TPSA) is 12.0 Å². The maximum Gasteiger partial charge on any atom is 0.127 e. The molecular weight excluding hydrogens is 249 g/mol. The van der Waals surface area contributed by atoms with Gasteiger partial charge in [0.1, 0.15) is 5.82 Å². The van der Waals surface area contributed by atoms with Crippen molar-refractivity contribution in [2.75, 3.05) is 6.54 Å². The summed E-state index contributed by atoms with van der Waals surface area (Å²) in [6.45, 7) is 0.973. The number of hydrogen-bond acceptors (Lipinski definition) is 1. The first-order chi connectivity index (χ1) is 9.72. The Labute approximate surface area is 121 Å². The summed E-state index contributed by atoms with van der Waals surface area (Å²) in [5.41, 5.74) is 1.58. The zero-order valence-electron chi connectivity index (χ0n) is 12.1. The average Bonchev–Trinajstić information content (AvgIpc) is 3.12. The summed E-state index contributed by atoms with van der Waals surface area (Å²) < 4.78 is 14.3. The minimum atomic E-state index is -0.00190. The fourth-order valence-corrected chi connectivity index (χ4v) is 4.79. The van der Waals surface area contributed by atoms with Crippen molar-refractivity contribution in [2.45, 2.75) is 62.8 Å².